The largest absolute Gasteiger partial charge is 0.481 e. The van der Waals surface area contributed by atoms with Crippen LogP contribution >= 0.6 is 0 Å². The fourth-order valence-electron chi connectivity index (χ4n) is 3.11. The lowest BCUT2D eigenvalue weighted by atomic mass is 9.87. The molecule has 1 aliphatic heterocycles. The Morgan fingerprint density at radius 3 is 2.63 bits per heavy atom. The highest BCUT2D eigenvalue weighted by atomic mass is 16.5. The van der Waals surface area contributed by atoms with Crippen LogP contribution in [-0.4, -0.2) is 16.9 Å². The summed E-state index contributed by atoms with van der Waals surface area (Å²) >= 11 is 0. The van der Waals surface area contributed by atoms with E-state index in [-0.39, 0.29) is 11.7 Å². The number of hydrogen-bond donors (Lipinski definition) is 1. The number of rotatable bonds is 3. The Bertz CT molecular complexity index is 535. The van der Waals surface area contributed by atoms with E-state index >= 15 is 0 Å². The first-order valence-corrected chi connectivity index (χ1v) is 6.63. The van der Waals surface area contributed by atoms with Crippen LogP contribution in [-0.2, 0) is 22.7 Å². The molecule has 3 rings (SSSR count). The van der Waals surface area contributed by atoms with Gasteiger partial charge in [-0.15, -0.1) is 0 Å². The van der Waals surface area contributed by atoms with E-state index in [1.165, 1.54) is 0 Å². The molecular weight excluding hydrogens is 244 g/mol. The van der Waals surface area contributed by atoms with Crippen molar-refractivity contribution in [3.8, 4) is 0 Å². The summed E-state index contributed by atoms with van der Waals surface area (Å²) in [5.74, 6) is -1.75. The van der Waals surface area contributed by atoms with Gasteiger partial charge in [0, 0.05) is 11.5 Å². The second-order valence-corrected chi connectivity index (χ2v) is 5.32. The minimum atomic E-state index is -0.847. The molecule has 1 fully saturated rings. The van der Waals surface area contributed by atoms with Crippen molar-refractivity contribution in [2.24, 2.45) is 11.8 Å². The zero-order valence-electron chi connectivity index (χ0n) is 10.6. The van der Waals surface area contributed by atoms with Gasteiger partial charge in [-0.05, 0) is 30.0 Å². The average Bonchev–Trinajstić information content (AvgIpc) is 3.05. The number of ether oxygens (including phenoxy) is 1. The van der Waals surface area contributed by atoms with Crippen molar-refractivity contribution in [2.75, 3.05) is 0 Å². The van der Waals surface area contributed by atoms with Crippen LogP contribution in [0.3, 0.4) is 0 Å². The van der Waals surface area contributed by atoms with Gasteiger partial charge in [0.05, 0.1) is 19.1 Å². The van der Waals surface area contributed by atoms with E-state index in [4.69, 9.17) is 9.84 Å². The van der Waals surface area contributed by atoms with E-state index in [1.807, 2.05) is 12.1 Å². The van der Waals surface area contributed by atoms with Crippen molar-refractivity contribution in [1.29, 1.82) is 0 Å². The Labute approximate surface area is 111 Å². The fourth-order valence-corrected chi connectivity index (χ4v) is 3.11. The zero-order chi connectivity index (χ0) is 13.4. The lowest BCUT2D eigenvalue weighted by Gasteiger charge is -2.14. The molecule has 19 heavy (non-hydrogen) atoms. The van der Waals surface area contributed by atoms with Crippen LogP contribution in [0, 0.1) is 11.8 Å². The molecule has 1 N–H and O–H groups in total. The van der Waals surface area contributed by atoms with E-state index in [0.29, 0.717) is 31.6 Å². The second-order valence-electron chi connectivity index (χ2n) is 5.32. The van der Waals surface area contributed by atoms with E-state index in [1.54, 1.807) is 6.07 Å². The van der Waals surface area contributed by atoms with Gasteiger partial charge >= 0.3 is 5.97 Å². The molecule has 0 bridgehead atoms. The third kappa shape index (κ3) is 2.16. The quantitative estimate of drug-likeness (QED) is 0.848. The number of fused-ring (bicyclic) bond motifs is 1. The van der Waals surface area contributed by atoms with Crippen LogP contribution in [0.1, 0.15) is 40.7 Å². The van der Waals surface area contributed by atoms with Crippen LogP contribution in [0.5, 0.6) is 0 Å². The van der Waals surface area contributed by atoms with E-state index in [2.05, 4.69) is 0 Å². The first-order valence-electron chi connectivity index (χ1n) is 6.63. The van der Waals surface area contributed by atoms with Crippen molar-refractivity contribution in [3.05, 3.63) is 34.9 Å². The maximum atomic E-state index is 12.5. The third-order valence-corrected chi connectivity index (χ3v) is 4.18. The van der Waals surface area contributed by atoms with Crippen molar-refractivity contribution < 1.29 is 19.4 Å². The predicted molar refractivity (Wildman–Crippen MR) is 67.7 cm³/mol. The summed E-state index contributed by atoms with van der Waals surface area (Å²) in [5, 5.41) is 9.16. The summed E-state index contributed by atoms with van der Waals surface area (Å²) in [6.45, 7) is 1.15. The van der Waals surface area contributed by atoms with Gasteiger partial charge in [-0.3, -0.25) is 9.59 Å². The Kier molecular flexibility index (Phi) is 3.11. The molecule has 1 aliphatic carbocycles. The number of carboxylic acids is 1. The van der Waals surface area contributed by atoms with Crippen molar-refractivity contribution >= 4 is 11.8 Å². The highest BCUT2D eigenvalue weighted by Crippen LogP contribution is 2.35. The maximum Gasteiger partial charge on any atom is 0.307 e. The minimum absolute atomic E-state index is 0.0281. The molecule has 2 atom stereocenters. The van der Waals surface area contributed by atoms with Crippen molar-refractivity contribution in [1.82, 2.24) is 0 Å². The molecular formula is C15H16O4. The molecule has 1 aromatic rings. The summed E-state index contributed by atoms with van der Waals surface area (Å²) in [6, 6.07) is 5.58. The Morgan fingerprint density at radius 2 is 1.84 bits per heavy atom. The molecule has 0 saturated heterocycles. The third-order valence-electron chi connectivity index (χ3n) is 4.18. The van der Waals surface area contributed by atoms with Crippen LogP contribution in [0.25, 0.3) is 0 Å². The first kappa shape index (κ1) is 12.4. The molecule has 1 saturated carbocycles. The SMILES string of the molecule is O=C(O)C1CCCC1C(=O)c1ccc2c(c1)COC2. The average molecular weight is 260 g/mol. The lowest BCUT2D eigenvalue weighted by molar-refractivity contribution is -0.142. The predicted octanol–water partition coefficient (Wildman–Crippen LogP) is 2.40. The summed E-state index contributed by atoms with van der Waals surface area (Å²) in [4.78, 5) is 23.6. The fraction of sp³-hybridized carbons (Fsp3) is 0.467. The van der Waals surface area contributed by atoms with E-state index in [9.17, 15) is 9.59 Å². The van der Waals surface area contributed by atoms with Gasteiger partial charge in [0.25, 0.3) is 0 Å². The van der Waals surface area contributed by atoms with Gasteiger partial charge in [-0.25, -0.2) is 0 Å². The molecule has 2 aliphatic rings. The minimum Gasteiger partial charge on any atom is -0.481 e. The topological polar surface area (TPSA) is 63.6 Å². The second kappa shape index (κ2) is 4.78. The standard InChI is InChI=1S/C15H16O4/c16-14(12-2-1-3-13(12)15(17)18)9-4-5-10-7-19-8-11(10)6-9/h4-6,12-13H,1-3,7-8H2,(H,17,18). The maximum absolute atomic E-state index is 12.5. The highest BCUT2D eigenvalue weighted by Gasteiger charge is 2.38. The Balaban J connectivity index is 1.85. The van der Waals surface area contributed by atoms with Crippen molar-refractivity contribution in [3.63, 3.8) is 0 Å². The normalized spacial score (nSPS) is 25.3. The number of aliphatic carboxylic acids is 1. The summed E-state index contributed by atoms with van der Waals surface area (Å²) < 4.78 is 5.33. The molecule has 100 valence electrons. The molecule has 0 spiro atoms. The number of carbonyl (C=O) groups excluding carboxylic acids is 1. The number of Topliss-reactive ketones (excluding diaryl/α,β-unsaturated/α-hetero) is 1. The van der Waals surface area contributed by atoms with Gasteiger partial charge in [-0.1, -0.05) is 18.6 Å². The molecule has 0 amide bonds. The molecule has 0 aromatic heterocycles. The van der Waals surface area contributed by atoms with E-state index in [0.717, 1.165) is 17.5 Å². The van der Waals surface area contributed by atoms with Crippen LogP contribution in [0.2, 0.25) is 0 Å². The summed E-state index contributed by atoms with van der Waals surface area (Å²) in [5.41, 5.74) is 2.80. The first-order chi connectivity index (χ1) is 9.16. The van der Waals surface area contributed by atoms with Crippen LogP contribution in [0.4, 0.5) is 0 Å². The Hall–Kier alpha value is -1.68. The molecule has 4 heteroatoms. The molecule has 1 aromatic carbocycles. The van der Waals surface area contributed by atoms with Gasteiger partial charge in [0.2, 0.25) is 0 Å². The molecule has 4 nitrogen and oxygen atoms in total. The lowest BCUT2D eigenvalue weighted by Crippen LogP contribution is -2.25. The van der Waals surface area contributed by atoms with E-state index < -0.39 is 11.9 Å². The Morgan fingerprint density at radius 1 is 1.11 bits per heavy atom. The van der Waals surface area contributed by atoms with Gasteiger partial charge < -0.3 is 9.84 Å². The van der Waals surface area contributed by atoms with Crippen LogP contribution < -0.4 is 0 Å². The monoisotopic (exact) mass is 260 g/mol. The highest BCUT2D eigenvalue weighted by molar-refractivity contribution is 6.00. The number of carbonyl (C=O) groups is 2. The van der Waals surface area contributed by atoms with Gasteiger partial charge in [0.1, 0.15) is 0 Å². The summed E-state index contributed by atoms with van der Waals surface area (Å²) in [7, 11) is 0. The van der Waals surface area contributed by atoms with Gasteiger partial charge in [-0.2, -0.15) is 0 Å². The number of ketones is 1. The van der Waals surface area contributed by atoms with Gasteiger partial charge in [0.15, 0.2) is 5.78 Å². The molecule has 1 heterocycles. The molecule has 0 radical (unpaired) electrons. The van der Waals surface area contributed by atoms with Crippen molar-refractivity contribution in [2.45, 2.75) is 32.5 Å². The zero-order valence-corrected chi connectivity index (χ0v) is 10.6. The smallest absolute Gasteiger partial charge is 0.307 e. The molecule has 2 unspecified atom stereocenters. The number of benzene rings is 1. The van der Waals surface area contributed by atoms with Crippen LogP contribution in [0.15, 0.2) is 18.2 Å². The number of carboxylic acid groups (broad SMARTS) is 1. The number of hydrogen-bond acceptors (Lipinski definition) is 3. The summed E-state index contributed by atoms with van der Waals surface area (Å²) in [6.07, 6.45) is 2.12.